The van der Waals surface area contributed by atoms with E-state index in [0.29, 0.717) is 6.42 Å². The number of unbranched alkanes of at least 4 members (excludes halogenated alkanes) is 6. The monoisotopic (exact) mass is 262 g/mol. The lowest BCUT2D eigenvalue weighted by atomic mass is 10.1. The maximum atomic E-state index is 9.59. The first-order valence-corrected chi connectivity index (χ1v) is 7.20. The predicted molar refractivity (Wildman–Crippen MR) is 80.4 cm³/mol. The van der Waals surface area contributed by atoms with Crippen LogP contribution in [-0.4, -0.2) is 22.4 Å². The average molecular weight is 262 g/mol. The third-order valence-electron chi connectivity index (χ3n) is 2.83. The Kier molecular flexibility index (Phi) is 12.4. The largest absolute Gasteiger partial charge is 0.380 e. The Morgan fingerprint density at radius 3 is 2.16 bits per heavy atom. The number of rotatable bonds is 9. The van der Waals surface area contributed by atoms with E-state index in [9.17, 15) is 5.11 Å². The molecule has 106 valence electrons. The summed E-state index contributed by atoms with van der Waals surface area (Å²) in [5.41, 5.74) is 0. The van der Waals surface area contributed by atoms with Gasteiger partial charge < -0.3 is 10.2 Å². The fraction of sp³-hybridized carbons (Fsp3) is 0.647. The first-order chi connectivity index (χ1) is 9.20. The van der Waals surface area contributed by atoms with Crippen molar-refractivity contribution >= 4 is 0 Å². The zero-order valence-corrected chi connectivity index (χ0v) is 12.0. The summed E-state index contributed by atoms with van der Waals surface area (Å²) in [4.78, 5) is 0. The van der Waals surface area contributed by atoms with Crippen LogP contribution in [0, 0.1) is 23.7 Å². The molecule has 2 heteroatoms. The Balaban J connectivity index is 3.58. The number of hydrogen-bond acceptors (Lipinski definition) is 2. The van der Waals surface area contributed by atoms with Crippen LogP contribution in [-0.2, 0) is 0 Å². The summed E-state index contributed by atoms with van der Waals surface area (Å²) in [6.07, 6.45) is 9.20. The number of aliphatic hydroxyl groups is 2. The summed E-state index contributed by atoms with van der Waals surface area (Å²) in [7, 11) is 0. The second-order valence-corrected chi connectivity index (χ2v) is 4.65. The standard InChI is InChI=1S/C17H26O2/c1-3-5-6-7-8-9-10-14-17(19)15-12-11-13-16(18)4-2/h4,16-19H,2-3,5-10,14H2,1H3/t16-,17-/m0/s1. The molecule has 0 rings (SSSR count). The van der Waals surface area contributed by atoms with Gasteiger partial charge in [-0.1, -0.05) is 69.9 Å². The first-order valence-electron chi connectivity index (χ1n) is 7.20. The molecule has 2 nitrogen and oxygen atoms in total. The van der Waals surface area contributed by atoms with E-state index in [-0.39, 0.29) is 0 Å². The normalized spacial score (nSPS) is 12.6. The molecule has 0 aliphatic carbocycles. The highest BCUT2D eigenvalue weighted by molar-refractivity contribution is 5.29. The predicted octanol–water partition coefficient (Wildman–Crippen LogP) is 3.04. The van der Waals surface area contributed by atoms with E-state index < -0.39 is 12.2 Å². The van der Waals surface area contributed by atoms with Gasteiger partial charge in [-0.2, -0.15) is 0 Å². The van der Waals surface area contributed by atoms with Crippen molar-refractivity contribution in [3.05, 3.63) is 12.7 Å². The molecule has 0 aliphatic rings. The Bertz CT molecular complexity index is 338. The molecule has 2 N–H and O–H groups in total. The van der Waals surface area contributed by atoms with Crippen LogP contribution in [0.2, 0.25) is 0 Å². The number of aliphatic hydroxyl groups excluding tert-OH is 2. The van der Waals surface area contributed by atoms with Crippen molar-refractivity contribution in [3.63, 3.8) is 0 Å². The smallest absolute Gasteiger partial charge is 0.134 e. The van der Waals surface area contributed by atoms with Crippen molar-refractivity contribution in [1.82, 2.24) is 0 Å². The van der Waals surface area contributed by atoms with Crippen LogP contribution in [0.3, 0.4) is 0 Å². The van der Waals surface area contributed by atoms with Gasteiger partial charge in [0.15, 0.2) is 0 Å². The zero-order chi connectivity index (χ0) is 14.3. The molecular weight excluding hydrogens is 236 g/mol. The van der Waals surface area contributed by atoms with Crippen molar-refractivity contribution in [2.45, 2.75) is 70.5 Å². The molecule has 19 heavy (non-hydrogen) atoms. The highest BCUT2D eigenvalue weighted by atomic mass is 16.3. The van der Waals surface area contributed by atoms with Crippen molar-refractivity contribution in [1.29, 1.82) is 0 Å². The summed E-state index contributed by atoms with van der Waals surface area (Å²) in [5, 5.41) is 18.7. The molecule has 0 amide bonds. The molecule has 0 saturated carbocycles. The van der Waals surface area contributed by atoms with Gasteiger partial charge >= 0.3 is 0 Å². The number of hydrogen-bond donors (Lipinski definition) is 2. The maximum absolute atomic E-state index is 9.59. The minimum Gasteiger partial charge on any atom is -0.380 e. The second kappa shape index (κ2) is 13.2. The molecule has 0 aromatic rings. The Hall–Kier alpha value is -1.22. The molecule has 0 spiro atoms. The van der Waals surface area contributed by atoms with Gasteiger partial charge in [-0.25, -0.2) is 0 Å². The highest BCUT2D eigenvalue weighted by Crippen LogP contribution is 2.09. The lowest BCUT2D eigenvalue weighted by Gasteiger charge is -2.03. The third kappa shape index (κ3) is 13.0. The van der Waals surface area contributed by atoms with Crippen LogP contribution in [0.25, 0.3) is 0 Å². The minimum atomic E-state index is -0.838. The summed E-state index contributed by atoms with van der Waals surface area (Å²) in [6.45, 7) is 5.62. The van der Waals surface area contributed by atoms with Crippen LogP contribution >= 0.6 is 0 Å². The first kappa shape index (κ1) is 17.8. The molecule has 0 fully saturated rings. The van der Waals surface area contributed by atoms with Crippen LogP contribution in [0.5, 0.6) is 0 Å². The third-order valence-corrected chi connectivity index (χ3v) is 2.83. The molecule has 0 heterocycles. The summed E-state index contributed by atoms with van der Waals surface area (Å²) >= 11 is 0. The summed E-state index contributed by atoms with van der Waals surface area (Å²) in [5.74, 6) is 10.2. The molecular formula is C17H26O2. The van der Waals surface area contributed by atoms with Crippen molar-refractivity contribution in [2.24, 2.45) is 0 Å². The van der Waals surface area contributed by atoms with Gasteiger partial charge in [-0.15, -0.1) is 0 Å². The molecule has 0 unspecified atom stereocenters. The molecule has 0 saturated heterocycles. The van der Waals surface area contributed by atoms with Crippen molar-refractivity contribution < 1.29 is 10.2 Å². The van der Waals surface area contributed by atoms with Crippen LogP contribution in [0.1, 0.15) is 58.3 Å². The molecule has 0 aliphatic heterocycles. The van der Waals surface area contributed by atoms with Gasteiger partial charge in [0, 0.05) is 0 Å². The SMILES string of the molecule is C=C[C@H](O)C#CC#C[C@@H](O)CCCCCCCCC. The Morgan fingerprint density at radius 1 is 0.947 bits per heavy atom. The topological polar surface area (TPSA) is 40.5 Å². The fourth-order valence-corrected chi connectivity index (χ4v) is 1.66. The fourth-order valence-electron chi connectivity index (χ4n) is 1.66. The van der Waals surface area contributed by atoms with Gasteiger partial charge in [-0.05, 0) is 24.7 Å². The Morgan fingerprint density at radius 2 is 1.53 bits per heavy atom. The molecule has 0 bridgehead atoms. The van der Waals surface area contributed by atoms with Crippen molar-refractivity contribution in [2.75, 3.05) is 0 Å². The average Bonchev–Trinajstić information content (AvgIpc) is 2.42. The van der Waals surface area contributed by atoms with E-state index in [4.69, 9.17) is 5.11 Å². The minimum absolute atomic E-state index is 0.606. The van der Waals surface area contributed by atoms with Gasteiger partial charge in [0.2, 0.25) is 0 Å². The van der Waals surface area contributed by atoms with E-state index in [1.165, 1.54) is 38.2 Å². The van der Waals surface area contributed by atoms with Crippen molar-refractivity contribution in [3.8, 4) is 23.7 Å². The van der Waals surface area contributed by atoms with Gasteiger partial charge in [-0.3, -0.25) is 0 Å². The quantitative estimate of drug-likeness (QED) is 0.381. The molecule has 2 atom stereocenters. The molecule has 0 aromatic carbocycles. The van der Waals surface area contributed by atoms with E-state index in [2.05, 4.69) is 37.2 Å². The second-order valence-electron chi connectivity index (χ2n) is 4.65. The van der Waals surface area contributed by atoms with E-state index in [0.717, 1.165) is 12.8 Å². The Labute approximate surface area is 117 Å². The lowest BCUT2D eigenvalue weighted by molar-refractivity contribution is 0.217. The van der Waals surface area contributed by atoms with Crippen LogP contribution in [0.4, 0.5) is 0 Å². The van der Waals surface area contributed by atoms with Gasteiger partial charge in [0.25, 0.3) is 0 Å². The van der Waals surface area contributed by atoms with E-state index in [1.54, 1.807) is 0 Å². The maximum Gasteiger partial charge on any atom is 0.134 e. The molecule has 0 aromatic heterocycles. The van der Waals surface area contributed by atoms with Gasteiger partial charge in [0.05, 0.1) is 0 Å². The van der Waals surface area contributed by atoms with E-state index >= 15 is 0 Å². The van der Waals surface area contributed by atoms with E-state index in [1.807, 2.05) is 0 Å². The zero-order valence-electron chi connectivity index (χ0n) is 12.0. The summed E-state index contributed by atoms with van der Waals surface area (Å²) in [6, 6.07) is 0. The molecule has 0 radical (unpaired) electrons. The van der Waals surface area contributed by atoms with Crippen LogP contribution < -0.4 is 0 Å². The lowest BCUT2D eigenvalue weighted by Crippen LogP contribution is -2.02. The van der Waals surface area contributed by atoms with Gasteiger partial charge in [0.1, 0.15) is 12.2 Å². The highest BCUT2D eigenvalue weighted by Gasteiger charge is 1.98. The summed E-state index contributed by atoms with van der Waals surface area (Å²) < 4.78 is 0. The van der Waals surface area contributed by atoms with Crippen LogP contribution in [0.15, 0.2) is 12.7 Å².